The lowest BCUT2D eigenvalue weighted by Crippen LogP contribution is -2.46. The SMILES string of the molecule is CC1CC(C)CC(NC(=O)C2CCCCC2C(=O)O)C1. The number of nitrogens with one attached hydrogen (secondary N) is 1. The van der Waals surface area contributed by atoms with Gasteiger partial charge >= 0.3 is 5.97 Å². The molecule has 0 aliphatic heterocycles. The molecular formula is C16H27NO3. The Morgan fingerprint density at radius 2 is 1.50 bits per heavy atom. The number of rotatable bonds is 3. The van der Waals surface area contributed by atoms with Crippen molar-refractivity contribution in [2.75, 3.05) is 0 Å². The van der Waals surface area contributed by atoms with Crippen LogP contribution in [0.15, 0.2) is 0 Å². The Balaban J connectivity index is 1.94. The van der Waals surface area contributed by atoms with Gasteiger partial charge in [0.15, 0.2) is 0 Å². The third-order valence-electron chi connectivity index (χ3n) is 4.94. The smallest absolute Gasteiger partial charge is 0.307 e. The van der Waals surface area contributed by atoms with Crippen molar-refractivity contribution in [1.82, 2.24) is 5.32 Å². The number of aliphatic carboxylic acids is 1. The van der Waals surface area contributed by atoms with Crippen LogP contribution < -0.4 is 5.32 Å². The average molecular weight is 281 g/mol. The zero-order valence-corrected chi connectivity index (χ0v) is 12.6. The number of carbonyl (C=O) groups excluding carboxylic acids is 1. The minimum absolute atomic E-state index is 0.0246. The first kappa shape index (κ1) is 15.3. The molecule has 2 saturated carbocycles. The molecule has 0 aromatic rings. The van der Waals surface area contributed by atoms with E-state index in [1.54, 1.807) is 0 Å². The Labute approximate surface area is 121 Å². The van der Waals surface area contributed by atoms with Crippen LogP contribution in [0.2, 0.25) is 0 Å². The molecule has 2 aliphatic rings. The molecule has 20 heavy (non-hydrogen) atoms. The number of carbonyl (C=O) groups is 2. The molecule has 2 fully saturated rings. The topological polar surface area (TPSA) is 66.4 Å². The van der Waals surface area contributed by atoms with Gasteiger partial charge in [-0.3, -0.25) is 9.59 Å². The Hall–Kier alpha value is -1.06. The molecule has 0 spiro atoms. The van der Waals surface area contributed by atoms with Crippen LogP contribution in [0.1, 0.15) is 58.8 Å². The van der Waals surface area contributed by atoms with Gasteiger partial charge in [-0.1, -0.05) is 26.7 Å². The zero-order chi connectivity index (χ0) is 14.7. The fourth-order valence-electron chi connectivity index (χ4n) is 4.11. The van der Waals surface area contributed by atoms with Crippen LogP contribution in [0.5, 0.6) is 0 Å². The predicted octanol–water partition coefficient (Wildman–Crippen LogP) is 2.82. The molecule has 4 heteroatoms. The summed E-state index contributed by atoms with van der Waals surface area (Å²) in [6.07, 6.45) is 6.55. The van der Waals surface area contributed by atoms with Crippen LogP contribution in [-0.2, 0) is 9.59 Å². The van der Waals surface area contributed by atoms with E-state index in [0.29, 0.717) is 18.3 Å². The van der Waals surface area contributed by atoms with Gasteiger partial charge in [0.1, 0.15) is 0 Å². The summed E-state index contributed by atoms with van der Waals surface area (Å²) in [5.41, 5.74) is 0. The summed E-state index contributed by atoms with van der Waals surface area (Å²) in [5.74, 6) is -0.356. The van der Waals surface area contributed by atoms with Crippen LogP contribution in [0.25, 0.3) is 0 Å². The third kappa shape index (κ3) is 3.74. The van der Waals surface area contributed by atoms with E-state index in [1.807, 2.05) is 0 Å². The van der Waals surface area contributed by atoms with Crippen LogP contribution in [-0.4, -0.2) is 23.0 Å². The number of amides is 1. The first-order valence-corrected chi connectivity index (χ1v) is 8.00. The molecule has 0 bridgehead atoms. The van der Waals surface area contributed by atoms with Crippen LogP contribution in [0.3, 0.4) is 0 Å². The highest BCUT2D eigenvalue weighted by Gasteiger charge is 2.37. The second-order valence-electron chi connectivity index (χ2n) is 6.96. The zero-order valence-electron chi connectivity index (χ0n) is 12.6. The second kappa shape index (κ2) is 6.59. The summed E-state index contributed by atoms with van der Waals surface area (Å²) in [4.78, 5) is 23.7. The summed E-state index contributed by atoms with van der Waals surface area (Å²) < 4.78 is 0. The number of carboxylic acid groups (broad SMARTS) is 1. The molecule has 4 atom stereocenters. The molecule has 4 unspecified atom stereocenters. The first-order valence-electron chi connectivity index (χ1n) is 8.00. The maximum absolute atomic E-state index is 12.4. The summed E-state index contributed by atoms with van der Waals surface area (Å²) in [5, 5.41) is 12.4. The molecule has 2 N–H and O–H groups in total. The molecule has 0 heterocycles. The predicted molar refractivity (Wildman–Crippen MR) is 77.2 cm³/mol. The summed E-state index contributed by atoms with van der Waals surface area (Å²) in [6, 6.07) is 0.234. The number of hydrogen-bond donors (Lipinski definition) is 2. The largest absolute Gasteiger partial charge is 0.481 e. The van der Waals surface area contributed by atoms with Crippen LogP contribution >= 0.6 is 0 Å². The van der Waals surface area contributed by atoms with Gasteiger partial charge < -0.3 is 10.4 Å². The highest BCUT2D eigenvalue weighted by atomic mass is 16.4. The summed E-state index contributed by atoms with van der Waals surface area (Å²) in [7, 11) is 0. The van der Waals surface area contributed by atoms with E-state index in [1.165, 1.54) is 6.42 Å². The molecular weight excluding hydrogens is 254 g/mol. The monoisotopic (exact) mass is 281 g/mol. The van der Waals surface area contributed by atoms with Crippen LogP contribution in [0.4, 0.5) is 0 Å². The molecule has 0 aromatic carbocycles. The van der Waals surface area contributed by atoms with Gasteiger partial charge in [-0.05, 0) is 43.9 Å². The molecule has 2 aliphatic carbocycles. The van der Waals surface area contributed by atoms with E-state index < -0.39 is 11.9 Å². The van der Waals surface area contributed by atoms with Crippen molar-refractivity contribution < 1.29 is 14.7 Å². The maximum Gasteiger partial charge on any atom is 0.307 e. The molecule has 114 valence electrons. The van der Waals surface area contributed by atoms with Crippen molar-refractivity contribution in [3.8, 4) is 0 Å². The third-order valence-corrected chi connectivity index (χ3v) is 4.94. The molecule has 0 saturated heterocycles. The molecule has 0 aromatic heterocycles. The second-order valence-corrected chi connectivity index (χ2v) is 6.96. The fourth-order valence-corrected chi connectivity index (χ4v) is 4.11. The minimum Gasteiger partial charge on any atom is -0.481 e. The van der Waals surface area contributed by atoms with Gasteiger partial charge in [-0.2, -0.15) is 0 Å². The lowest BCUT2D eigenvalue weighted by Gasteiger charge is -2.34. The lowest BCUT2D eigenvalue weighted by atomic mass is 9.77. The van der Waals surface area contributed by atoms with E-state index in [9.17, 15) is 14.7 Å². The molecule has 4 nitrogen and oxygen atoms in total. The quantitative estimate of drug-likeness (QED) is 0.836. The van der Waals surface area contributed by atoms with Crippen molar-refractivity contribution in [3.05, 3.63) is 0 Å². The first-order chi connectivity index (χ1) is 9.47. The molecule has 0 radical (unpaired) electrons. The van der Waals surface area contributed by atoms with E-state index in [-0.39, 0.29) is 17.9 Å². The van der Waals surface area contributed by atoms with Gasteiger partial charge in [-0.15, -0.1) is 0 Å². The minimum atomic E-state index is -0.810. The summed E-state index contributed by atoms with van der Waals surface area (Å²) in [6.45, 7) is 4.46. The van der Waals surface area contributed by atoms with E-state index >= 15 is 0 Å². The Morgan fingerprint density at radius 1 is 0.950 bits per heavy atom. The fraction of sp³-hybridized carbons (Fsp3) is 0.875. The lowest BCUT2D eigenvalue weighted by molar-refractivity contribution is -0.149. The highest BCUT2D eigenvalue weighted by molar-refractivity contribution is 5.85. The average Bonchev–Trinajstić information content (AvgIpc) is 2.37. The van der Waals surface area contributed by atoms with Crippen LogP contribution in [0, 0.1) is 23.7 Å². The molecule has 2 rings (SSSR count). The van der Waals surface area contributed by atoms with Crippen molar-refractivity contribution in [2.24, 2.45) is 23.7 Å². The standard InChI is InChI=1S/C16H27NO3/c1-10-7-11(2)9-12(8-10)17-15(18)13-5-3-4-6-14(13)16(19)20/h10-14H,3-9H2,1-2H3,(H,17,18)(H,19,20). The van der Waals surface area contributed by atoms with Crippen molar-refractivity contribution in [3.63, 3.8) is 0 Å². The highest BCUT2D eigenvalue weighted by Crippen LogP contribution is 2.32. The van der Waals surface area contributed by atoms with Gasteiger partial charge in [0.25, 0.3) is 0 Å². The van der Waals surface area contributed by atoms with E-state index in [2.05, 4.69) is 19.2 Å². The van der Waals surface area contributed by atoms with E-state index in [0.717, 1.165) is 32.1 Å². The van der Waals surface area contributed by atoms with Gasteiger partial charge in [0.05, 0.1) is 11.8 Å². The maximum atomic E-state index is 12.4. The van der Waals surface area contributed by atoms with Gasteiger partial charge in [0.2, 0.25) is 5.91 Å². The van der Waals surface area contributed by atoms with Crippen molar-refractivity contribution in [2.45, 2.75) is 64.8 Å². The Kier molecular flexibility index (Phi) is 5.06. The van der Waals surface area contributed by atoms with Gasteiger partial charge in [-0.25, -0.2) is 0 Å². The molecule has 1 amide bonds. The Morgan fingerprint density at radius 3 is 2.05 bits per heavy atom. The number of carboxylic acids is 1. The normalized spacial score (nSPS) is 38.2. The van der Waals surface area contributed by atoms with Crippen molar-refractivity contribution in [1.29, 1.82) is 0 Å². The summed E-state index contributed by atoms with van der Waals surface area (Å²) >= 11 is 0. The Bertz CT molecular complexity index is 359. The van der Waals surface area contributed by atoms with Crippen molar-refractivity contribution >= 4 is 11.9 Å². The van der Waals surface area contributed by atoms with E-state index in [4.69, 9.17) is 0 Å². The van der Waals surface area contributed by atoms with Gasteiger partial charge in [0, 0.05) is 6.04 Å². The number of hydrogen-bond acceptors (Lipinski definition) is 2.